The number of hydrogen-bond acceptors (Lipinski definition) is 3. The molecule has 0 saturated carbocycles. The molecule has 1 aliphatic heterocycles. The molecular weight excluding hydrogens is 268 g/mol. The summed E-state index contributed by atoms with van der Waals surface area (Å²) >= 11 is 0. The van der Waals surface area contributed by atoms with Crippen LogP contribution < -0.4 is 9.47 Å². The largest absolute Gasteiger partial charge is 0.493 e. The quantitative estimate of drug-likeness (QED) is 0.936. The molecule has 1 N–H and O–H groups in total. The third kappa shape index (κ3) is 2.99. The van der Waals surface area contributed by atoms with E-state index < -0.39 is 11.9 Å². The minimum atomic E-state index is -0.808. The van der Waals surface area contributed by atoms with Crippen LogP contribution in [0.15, 0.2) is 48.5 Å². The summed E-state index contributed by atoms with van der Waals surface area (Å²) in [6, 6.07) is 15.2. The fraction of sp³-hybridized carbons (Fsp3) is 0.235. The highest BCUT2D eigenvalue weighted by Gasteiger charge is 2.27. The molecule has 2 aromatic carbocycles. The van der Waals surface area contributed by atoms with Crippen LogP contribution in [0.1, 0.15) is 23.5 Å². The van der Waals surface area contributed by atoms with Gasteiger partial charge in [0.05, 0.1) is 12.5 Å². The van der Waals surface area contributed by atoms with Crippen LogP contribution >= 0.6 is 0 Å². The maximum atomic E-state index is 11.2. The van der Waals surface area contributed by atoms with Gasteiger partial charge in [0.25, 0.3) is 0 Å². The lowest BCUT2D eigenvalue weighted by molar-refractivity contribution is -0.139. The van der Waals surface area contributed by atoms with E-state index in [4.69, 9.17) is 9.47 Å². The van der Waals surface area contributed by atoms with Gasteiger partial charge >= 0.3 is 5.97 Å². The van der Waals surface area contributed by atoms with Crippen molar-refractivity contribution in [2.45, 2.75) is 18.9 Å². The van der Waals surface area contributed by atoms with Gasteiger partial charge in [0.15, 0.2) is 0 Å². The number of benzene rings is 2. The number of carboxylic acid groups (broad SMARTS) is 1. The molecular formula is C17H16O4. The van der Waals surface area contributed by atoms with E-state index in [1.807, 2.05) is 30.3 Å². The topological polar surface area (TPSA) is 55.8 Å². The number of aliphatic carboxylic acids is 1. The van der Waals surface area contributed by atoms with Crippen LogP contribution in [0.3, 0.4) is 0 Å². The van der Waals surface area contributed by atoms with Crippen LogP contribution in [0.5, 0.6) is 11.5 Å². The summed E-state index contributed by atoms with van der Waals surface area (Å²) < 4.78 is 11.3. The molecule has 3 rings (SSSR count). The number of hydrogen-bond donors (Lipinski definition) is 1. The molecule has 2 aromatic rings. The normalized spacial score (nSPS) is 16.7. The molecule has 0 fully saturated rings. The van der Waals surface area contributed by atoms with Crippen molar-refractivity contribution in [3.8, 4) is 11.5 Å². The molecule has 1 unspecified atom stereocenters. The Balaban J connectivity index is 1.75. The number of ether oxygens (including phenoxy) is 2. The van der Waals surface area contributed by atoms with Gasteiger partial charge in [-0.1, -0.05) is 36.4 Å². The third-order valence-electron chi connectivity index (χ3n) is 3.57. The smallest absolute Gasteiger partial charge is 0.311 e. The van der Waals surface area contributed by atoms with Gasteiger partial charge in [0.2, 0.25) is 0 Å². The van der Waals surface area contributed by atoms with Gasteiger partial charge in [-0.3, -0.25) is 4.79 Å². The van der Waals surface area contributed by atoms with E-state index in [9.17, 15) is 9.90 Å². The lowest BCUT2D eigenvalue weighted by Gasteiger charge is -2.23. The highest BCUT2D eigenvalue weighted by atomic mass is 16.5. The van der Waals surface area contributed by atoms with Crippen LogP contribution in [-0.2, 0) is 11.4 Å². The van der Waals surface area contributed by atoms with Crippen molar-refractivity contribution >= 4 is 5.97 Å². The molecule has 0 aromatic heterocycles. The molecule has 0 bridgehead atoms. The monoisotopic (exact) mass is 284 g/mol. The van der Waals surface area contributed by atoms with Crippen molar-refractivity contribution in [1.82, 2.24) is 0 Å². The summed E-state index contributed by atoms with van der Waals surface area (Å²) in [6.45, 7) is 0.897. The van der Waals surface area contributed by atoms with E-state index >= 15 is 0 Å². The molecule has 4 heteroatoms. The summed E-state index contributed by atoms with van der Waals surface area (Å²) in [5.41, 5.74) is 1.81. The fourth-order valence-electron chi connectivity index (χ4n) is 2.46. The van der Waals surface area contributed by atoms with E-state index in [-0.39, 0.29) is 0 Å². The molecule has 21 heavy (non-hydrogen) atoms. The maximum Gasteiger partial charge on any atom is 0.311 e. The molecule has 0 spiro atoms. The molecule has 0 amide bonds. The molecule has 0 saturated heterocycles. The zero-order chi connectivity index (χ0) is 14.7. The lowest BCUT2D eigenvalue weighted by atomic mass is 9.93. The van der Waals surface area contributed by atoms with Gasteiger partial charge < -0.3 is 14.6 Å². The minimum absolute atomic E-state index is 0.423. The predicted octanol–water partition coefficient (Wildman–Crippen LogP) is 3.22. The summed E-state index contributed by atoms with van der Waals surface area (Å²) in [5, 5.41) is 9.22. The van der Waals surface area contributed by atoms with Crippen molar-refractivity contribution < 1.29 is 19.4 Å². The van der Waals surface area contributed by atoms with Crippen LogP contribution in [0.2, 0.25) is 0 Å². The Kier molecular flexibility index (Phi) is 3.77. The first-order valence-corrected chi connectivity index (χ1v) is 6.90. The first-order chi connectivity index (χ1) is 10.2. The average Bonchev–Trinajstić information content (AvgIpc) is 2.53. The molecule has 0 aliphatic carbocycles. The molecule has 1 aliphatic rings. The Bertz CT molecular complexity index is 636. The van der Waals surface area contributed by atoms with E-state index in [2.05, 4.69) is 0 Å². The second kappa shape index (κ2) is 5.87. The van der Waals surface area contributed by atoms with Gasteiger partial charge in [-0.05, 0) is 18.1 Å². The van der Waals surface area contributed by atoms with Gasteiger partial charge in [0, 0.05) is 11.6 Å². The van der Waals surface area contributed by atoms with Gasteiger partial charge in [0.1, 0.15) is 18.1 Å². The molecule has 1 heterocycles. The lowest BCUT2D eigenvalue weighted by Crippen LogP contribution is -2.20. The van der Waals surface area contributed by atoms with Gasteiger partial charge in [-0.15, -0.1) is 0 Å². The zero-order valence-corrected chi connectivity index (χ0v) is 11.5. The highest BCUT2D eigenvalue weighted by molar-refractivity contribution is 5.77. The van der Waals surface area contributed by atoms with E-state index in [0.29, 0.717) is 31.1 Å². The van der Waals surface area contributed by atoms with Gasteiger partial charge in [-0.25, -0.2) is 0 Å². The first kappa shape index (κ1) is 13.5. The third-order valence-corrected chi connectivity index (χ3v) is 3.57. The molecule has 108 valence electrons. The van der Waals surface area contributed by atoms with Crippen LogP contribution in [0.4, 0.5) is 0 Å². The molecule has 0 radical (unpaired) electrons. The van der Waals surface area contributed by atoms with E-state index in [1.165, 1.54) is 0 Å². The van der Waals surface area contributed by atoms with Crippen LogP contribution in [-0.4, -0.2) is 17.7 Å². The fourth-order valence-corrected chi connectivity index (χ4v) is 2.46. The summed E-state index contributed by atoms with van der Waals surface area (Å²) in [6.07, 6.45) is 0.507. The van der Waals surface area contributed by atoms with Crippen molar-refractivity contribution in [2.75, 3.05) is 6.61 Å². The van der Waals surface area contributed by atoms with Crippen LogP contribution in [0, 0.1) is 0 Å². The van der Waals surface area contributed by atoms with E-state index in [0.717, 1.165) is 11.1 Å². The zero-order valence-electron chi connectivity index (χ0n) is 11.5. The maximum absolute atomic E-state index is 11.2. The second-order valence-electron chi connectivity index (χ2n) is 5.00. The standard InChI is InChI=1S/C17H16O4/c18-17(19)15-8-9-20-16-10-13(6-7-14(15)16)21-11-12-4-2-1-3-5-12/h1-7,10,15H,8-9,11H2,(H,18,19). The Hall–Kier alpha value is -2.49. The Morgan fingerprint density at radius 1 is 1.24 bits per heavy atom. The van der Waals surface area contributed by atoms with Crippen LogP contribution in [0.25, 0.3) is 0 Å². The second-order valence-corrected chi connectivity index (χ2v) is 5.00. The summed E-state index contributed by atoms with van der Waals surface area (Å²) in [7, 11) is 0. The van der Waals surface area contributed by atoms with Gasteiger partial charge in [-0.2, -0.15) is 0 Å². The van der Waals surface area contributed by atoms with Crippen molar-refractivity contribution in [3.05, 3.63) is 59.7 Å². The summed E-state index contributed by atoms with van der Waals surface area (Å²) in [5.74, 6) is -0.00252. The minimum Gasteiger partial charge on any atom is -0.493 e. The SMILES string of the molecule is O=C(O)C1CCOc2cc(OCc3ccccc3)ccc21. The number of carboxylic acids is 1. The number of rotatable bonds is 4. The summed E-state index contributed by atoms with van der Waals surface area (Å²) in [4.78, 5) is 11.2. The Morgan fingerprint density at radius 2 is 2.05 bits per heavy atom. The van der Waals surface area contributed by atoms with Crippen molar-refractivity contribution in [2.24, 2.45) is 0 Å². The van der Waals surface area contributed by atoms with Crippen molar-refractivity contribution in [3.63, 3.8) is 0 Å². The number of carbonyl (C=O) groups is 1. The number of fused-ring (bicyclic) bond motifs is 1. The molecule has 4 nitrogen and oxygen atoms in total. The Morgan fingerprint density at radius 3 is 2.81 bits per heavy atom. The first-order valence-electron chi connectivity index (χ1n) is 6.90. The Labute approximate surface area is 122 Å². The predicted molar refractivity (Wildman–Crippen MR) is 77.7 cm³/mol. The highest BCUT2D eigenvalue weighted by Crippen LogP contribution is 2.36. The average molecular weight is 284 g/mol. The van der Waals surface area contributed by atoms with E-state index in [1.54, 1.807) is 18.2 Å². The molecule has 1 atom stereocenters. The van der Waals surface area contributed by atoms with Crippen molar-refractivity contribution in [1.29, 1.82) is 0 Å².